The fraction of sp³-hybridized carbons (Fsp3) is 0.353. The summed E-state index contributed by atoms with van der Waals surface area (Å²) in [6.07, 6.45) is 3.31. The third-order valence-corrected chi connectivity index (χ3v) is 9.13. The average Bonchev–Trinajstić information content (AvgIpc) is 3.58. The van der Waals surface area contributed by atoms with Gasteiger partial charge in [-0.2, -0.15) is 0 Å². The topological polar surface area (TPSA) is 176 Å². The number of amides is 2. The average molecular weight is 646 g/mol. The number of halogens is 1. The molecule has 2 heterocycles. The number of nitrogens with zero attached hydrogens (tertiary/aromatic N) is 2. The lowest BCUT2D eigenvalue weighted by Crippen LogP contribution is -2.52. The maximum Gasteiger partial charge on any atom is 0.323 e. The van der Waals surface area contributed by atoms with E-state index in [1.165, 1.54) is 4.90 Å². The van der Waals surface area contributed by atoms with E-state index in [0.29, 0.717) is 47.4 Å². The van der Waals surface area contributed by atoms with Gasteiger partial charge in [-0.15, -0.1) is 12.4 Å². The number of carbonyl (C=O) groups excluding carboxylic acids is 2. The Bertz CT molecular complexity index is 1980. The van der Waals surface area contributed by atoms with Gasteiger partial charge in [-0.3, -0.25) is 24.4 Å². The fourth-order valence-corrected chi connectivity index (χ4v) is 6.53. The number of rotatable bonds is 9. The summed E-state index contributed by atoms with van der Waals surface area (Å²) in [5.41, 5.74) is 16.6. The van der Waals surface area contributed by atoms with Gasteiger partial charge in [0.2, 0.25) is 11.8 Å². The molecule has 7 N–H and O–H groups in total. The van der Waals surface area contributed by atoms with Crippen molar-refractivity contribution < 1.29 is 9.59 Å². The zero-order valence-electron chi connectivity index (χ0n) is 25.9. The number of hydrogen-bond donors (Lipinski definition) is 5. The first-order valence-corrected chi connectivity index (χ1v) is 15.5. The van der Waals surface area contributed by atoms with Crippen molar-refractivity contribution in [2.24, 2.45) is 23.3 Å². The van der Waals surface area contributed by atoms with Crippen molar-refractivity contribution in [1.29, 1.82) is 0 Å². The first kappa shape index (κ1) is 32.8. The molecule has 0 saturated heterocycles. The molecule has 3 aromatic carbocycles. The van der Waals surface area contributed by atoms with Crippen LogP contribution in [-0.2, 0) is 16.0 Å². The van der Waals surface area contributed by atoms with Crippen molar-refractivity contribution in [2.75, 3.05) is 11.4 Å². The molecule has 0 unspecified atom stereocenters. The largest absolute Gasteiger partial charge is 0.368 e. The van der Waals surface area contributed by atoms with E-state index in [4.69, 9.17) is 11.5 Å². The summed E-state index contributed by atoms with van der Waals surface area (Å²) in [6, 6.07) is 17.7. The Morgan fingerprint density at radius 3 is 2.22 bits per heavy atom. The Balaban J connectivity index is 0.00000417. The van der Waals surface area contributed by atoms with Crippen molar-refractivity contribution >= 4 is 51.8 Å². The lowest BCUT2D eigenvalue weighted by Gasteiger charge is -2.35. The van der Waals surface area contributed by atoms with Crippen LogP contribution in [0.4, 0.5) is 5.69 Å². The van der Waals surface area contributed by atoms with Crippen LogP contribution in [0.15, 0.2) is 70.3 Å². The van der Waals surface area contributed by atoms with E-state index in [-0.39, 0.29) is 47.9 Å². The number of benzene rings is 3. The molecule has 0 spiro atoms. The van der Waals surface area contributed by atoms with Gasteiger partial charge >= 0.3 is 5.69 Å². The number of aromatic amines is 3. The molecule has 242 valence electrons. The molecule has 5 aromatic rings. The smallest absolute Gasteiger partial charge is 0.323 e. The number of aromatic nitrogens is 4. The Labute approximate surface area is 271 Å². The number of anilines is 1. The standard InChI is InChI=1S/C34H39N7O4.ClH/c1-19(2)41-33(44)26-13-11-24(16-28(26)39-41)22-7-3-20(4-8-22)15-30(31(36)42)40(32(43)23-9-5-21(18-35)6-10-23)25-12-14-27-29(17-25)38-34(45)37-27;/h3-4,7-8,11-14,16-17,19,21,23,30,39H,5-6,9-10,15,18,35H2,1-2H3,(H2,36,42)(H2,37,38,45);1H/t21?,23?,30-;/m0./s1. The minimum Gasteiger partial charge on any atom is -0.368 e. The molecular weight excluding hydrogens is 606 g/mol. The van der Waals surface area contributed by atoms with Crippen LogP contribution in [0.25, 0.3) is 33.1 Å². The van der Waals surface area contributed by atoms with Gasteiger partial charge in [0.15, 0.2) is 0 Å². The van der Waals surface area contributed by atoms with E-state index in [1.807, 2.05) is 56.3 Å². The first-order valence-electron chi connectivity index (χ1n) is 15.5. The Morgan fingerprint density at radius 1 is 0.891 bits per heavy atom. The minimum atomic E-state index is -0.948. The summed E-state index contributed by atoms with van der Waals surface area (Å²) in [6.45, 7) is 4.50. The van der Waals surface area contributed by atoms with Crippen molar-refractivity contribution in [2.45, 2.75) is 58.0 Å². The zero-order chi connectivity index (χ0) is 31.8. The van der Waals surface area contributed by atoms with Crippen LogP contribution in [0.3, 0.4) is 0 Å². The van der Waals surface area contributed by atoms with Gasteiger partial charge in [-0.25, -0.2) is 9.48 Å². The van der Waals surface area contributed by atoms with Gasteiger partial charge in [-0.05, 0) is 99.0 Å². The highest BCUT2D eigenvalue weighted by molar-refractivity contribution is 6.02. The third kappa shape index (κ3) is 6.38. The van der Waals surface area contributed by atoms with Crippen LogP contribution in [-0.4, -0.2) is 44.1 Å². The molecular formula is C34H40ClN7O4. The molecule has 1 aliphatic carbocycles. The molecule has 0 radical (unpaired) electrons. The Hall–Kier alpha value is -4.61. The molecule has 1 saturated carbocycles. The van der Waals surface area contributed by atoms with Crippen molar-refractivity contribution in [1.82, 2.24) is 19.7 Å². The molecule has 2 amide bonds. The molecule has 11 nitrogen and oxygen atoms in total. The van der Waals surface area contributed by atoms with Crippen LogP contribution >= 0.6 is 12.4 Å². The van der Waals surface area contributed by atoms with Crippen LogP contribution in [0.5, 0.6) is 0 Å². The van der Waals surface area contributed by atoms with Crippen LogP contribution in [0, 0.1) is 11.8 Å². The number of fused-ring (bicyclic) bond motifs is 2. The predicted octanol–water partition coefficient (Wildman–Crippen LogP) is 4.36. The molecule has 0 bridgehead atoms. The summed E-state index contributed by atoms with van der Waals surface area (Å²) in [4.78, 5) is 58.8. The van der Waals surface area contributed by atoms with E-state index >= 15 is 0 Å². The second-order valence-corrected chi connectivity index (χ2v) is 12.4. The van der Waals surface area contributed by atoms with Gasteiger partial charge < -0.3 is 21.4 Å². The maximum atomic E-state index is 14.2. The zero-order valence-corrected chi connectivity index (χ0v) is 26.7. The molecule has 6 rings (SSSR count). The van der Waals surface area contributed by atoms with Crippen LogP contribution in [0.1, 0.15) is 51.1 Å². The normalized spacial score (nSPS) is 17.2. The maximum absolute atomic E-state index is 14.2. The van der Waals surface area contributed by atoms with Gasteiger partial charge in [0.05, 0.1) is 21.9 Å². The van der Waals surface area contributed by atoms with E-state index < -0.39 is 11.9 Å². The number of hydrogen-bond acceptors (Lipinski definition) is 5. The van der Waals surface area contributed by atoms with Crippen molar-refractivity contribution in [3.8, 4) is 11.1 Å². The predicted molar refractivity (Wildman–Crippen MR) is 183 cm³/mol. The molecule has 1 atom stereocenters. The van der Waals surface area contributed by atoms with E-state index in [1.54, 1.807) is 22.9 Å². The number of nitrogens with two attached hydrogens (primary N) is 2. The van der Waals surface area contributed by atoms with E-state index in [2.05, 4.69) is 15.1 Å². The fourth-order valence-electron chi connectivity index (χ4n) is 6.53. The number of primary amides is 1. The van der Waals surface area contributed by atoms with Gasteiger partial charge in [0.1, 0.15) is 6.04 Å². The SMILES string of the molecule is CC(C)n1[nH]c2cc(-c3ccc(C[C@@H](C(N)=O)N(C(=O)C4CCC(CN)CC4)c4ccc5[nH]c(=O)[nH]c5c4)cc3)ccc2c1=O.Cl. The van der Waals surface area contributed by atoms with Gasteiger partial charge in [0, 0.05) is 24.1 Å². The molecule has 1 fully saturated rings. The highest BCUT2D eigenvalue weighted by Gasteiger charge is 2.36. The molecule has 2 aromatic heterocycles. The van der Waals surface area contributed by atoms with Crippen molar-refractivity contribution in [3.05, 3.63) is 87.1 Å². The quantitative estimate of drug-likeness (QED) is 0.160. The Kier molecular flexibility index (Phi) is 9.55. The summed E-state index contributed by atoms with van der Waals surface area (Å²) in [7, 11) is 0. The molecule has 46 heavy (non-hydrogen) atoms. The summed E-state index contributed by atoms with van der Waals surface area (Å²) in [5.74, 6) is -0.635. The number of H-pyrrole nitrogens is 3. The number of imidazole rings is 1. The highest BCUT2D eigenvalue weighted by Crippen LogP contribution is 2.33. The summed E-state index contributed by atoms with van der Waals surface area (Å²) < 4.78 is 1.61. The first-order chi connectivity index (χ1) is 21.6. The van der Waals surface area contributed by atoms with Gasteiger partial charge in [-0.1, -0.05) is 30.3 Å². The number of carbonyl (C=O) groups is 2. The minimum absolute atomic E-state index is 0. The lowest BCUT2D eigenvalue weighted by atomic mass is 9.81. The summed E-state index contributed by atoms with van der Waals surface area (Å²) in [5, 5.41) is 3.83. The van der Waals surface area contributed by atoms with E-state index in [0.717, 1.165) is 35.0 Å². The Morgan fingerprint density at radius 2 is 1.57 bits per heavy atom. The van der Waals surface area contributed by atoms with Crippen molar-refractivity contribution in [3.63, 3.8) is 0 Å². The third-order valence-electron chi connectivity index (χ3n) is 9.13. The van der Waals surface area contributed by atoms with E-state index in [9.17, 15) is 19.2 Å². The summed E-state index contributed by atoms with van der Waals surface area (Å²) >= 11 is 0. The van der Waals surface area contributed by atoms with Crippen LogP contribution < -0.4 is 27.6 Å². The second-order valence-electron chi connectivity index (χ2n) is 12.4. The molecule has 12 heteroatoms. The lowest BCUT2D eigenvalue weighted by molar-refractivity contribution is -0.127. The monoisotopic (exact) mass is 645 g/mol. The number of nitrogens with one attached hydrogen (secondary N) is 3. The van der Waals surface area contributed by atoms with Crippen LogP contribution in [0.2, 0.25) is 0 Å². The molecule has 1 aliphatic rings. The highest BCUT2D eigenvalue weighted by atomic mass is 35.5. The van der Waals surface area contributed by atoms with Gasteiger partial charge in [0.25, 0.3) is 5.56 Å². The second kappa shape index (κ2) is 13.4. The molecule has 0 aliphatic heterocycles.